The highest BCUT2D eigenvalue weighted by molar-refractivity contribution is 6.21. The van der Waals surface area contributed by atoms with Crippen molar-refractivity contribution in [3.8, 4) is 0 Å². The van der Waals surface area contributed by atoms with Gasteiger partial charge in [0.1, 0.15) is 12.2 Å². The highest BCUT2D eigenvalue weighted by Crippen LogP contribution is 2.22. The zero-order valence-electron chi connectivity index (χ0n) is 10.9. The van der Waals surface area contributed by atoms with Crippen molar-refractivity contribution in [2.75, 3.05) is 6.54 Å². The number of nitrogens with zero attached hydrogens (tertiary/aromatic N) is 3. The molecule has 0 spiro atoms. The third-order valence-electron chi connectivity index (χ3n) is 3.39. The van der Waals surface area contributed by atoms with Crippen molar-refractivity contribution in [3.63, 3.8) is 0 Å². The number of rotatable bonds is 5. The summed E-state index contributed by atoms with van der Waals surface area (Å²) < 4.78 is 0. The first-order chi connectivity index (χ1) is 9.77. The molecule has 0 atom stereocenters. The Kier molecular flexibility index (Phi) is 3.28. The van der Waals surface area contributed by atoms with E-state index in [4.69, 9.17) is 0 Å². The third-order valence-corrected chi connectivity index (χ3v) is 3.39. The molecule has 1 aromatic carbocycles. The number of nitrogens with one attached hydrogen (secondary N) is 1. The monoisotopic (exact) mass is 270 g/mol. The molecule has 1 N–H and O–H groups in total. The van der Waals surface area contributed by atoms with Gasteiger partial charge in [-0.2, -0.15) is 5.10 Å². The van der Waals surface area contributed by atoms with E-state index in [2.05, 4.69) is 15.2 Å². The molecule has 0 saturated heterocycles. The van der Waals surface area contributed by atoms with Crippen molar-refractivity contribution in [2.24, 2.45) is 0 Å². The molecule has 2 amide bonds. The van der Waals surface area contributed by atoms with Crippen LogP contribution < -0.4 is 0 Å². The summed E-state index contributed by atoms with van der Waals surface area (Å²) in [6.07, 6.45) is 3.84. The van der Waals surface area contributed by atoms with Gasteiger partial charge in [0.15, 0.2) is 0 Å². The second-order valence-electron chi connectivity index (χ2n) is 4.70. The van der Waals surface area contributed by atoms with Crippen LogP contribution in [0.25, 0.3) is 0 Å². The van der Waals surface area contributed by atoms with Gasteiger partial charge in [-0.1, -0.05) is 12.1 Å². The van der Waals surface area contributed by atoms with Crippen LogP contribution >= 0.6 is 0 Å². The Bertz CT molecular complexity index is 601. The fourth-order valence-electron chi connectivity index (χ4n) is 2.36. The molecule has 1 aromatic heterocycles. The largest absolute Gasteiger partial charge is 0.274 e. The van der Waals surface area contributed by atoms with Crippen LogP contribution in [-0.4, -0.2) is 38.4 Å². The van der Waals surface area contributed by atoms with Crippen LogP contribution in [0.15, 0.2) is 30.6 Å². The third kappa shape index (κ3) is 2.20. The molecular formula is C14H14N4O2. The van der Waals surface area contributed by atoms with Crippen LogP contribution in [0.5, 0.6) is 0 Å². The minimum atomic E-state index is -0.190. The summed E-state index contributed by atoms with van der Waals surface area (Å²) >= 11 is 0. The van der Waals surface area contributed by atoms with Crippen molar-refractivity contribution in [2.45, 2.75) is 19.3 Å². The van der Waals surface area contributed by atoms with E-state index in [-0.39, 0.29) is 11.8 Å². The minimum Gasteiger partial charge on any atom is -0.274 e. The van der Waals surface area contributed by atoms with Crippen LogP contribution in [0.2, 0.25) is 0 Å². The normalized spacial score (nSPS) is 13.9. The van der Waals surface area contributed by atoms with Crippen molar-refractivity contribution >= 4 is 11.8 Å². The summed E-state index contributed by atoms with van der Waals surface area (Å²) in [6.45, 7) is 0.445. The van der Waals surface area contributed by atoms with Gasteiger partial charge in [-0.3, -0.25) is 19.6 Å². The topological polar surface area (TPSA) is 79.0 Å². The van der Waals surface area contributed by atoms with Crippen LogP contribution in [0, 0.1) is 0 Å². The van der Waals surface area contributed by atoms with Gasteiger partial charge in [0.25, 0.3) is 11.8 Å². The Morgan fingerprint density at radius 3 is 2.35 bits per heavy atom. The summed E-state index contributed by atoms with van der Waals surface area (Å²) in [6, 6.07) is 6.95. The number of unbranched alkanes of at least 4 members (excludes halogenated alkanes) is 1. The maximum atomic E-state index is 12.1. The Morgan fingerprint density at radius 2 is 1.75 bits per heavy atom. The van der Waals surface area contributed by atoms with Gasteiger partial charge in [0.05, 0.1) is 11.1 Å². The lowest BCUT2D eigenvalue weighted by atomic mass is 10.1. The summed E-state index contributed by atoms with van der Waals surface area (Å²) in [5, 5.41) is 6.56. The first kappa shape index (κ1) is 12.5. The Balaban J connectivity index is 1.57. The number of aromatic amines is 1. The lowest BCUT2D eigenvalue weighted by Crippen LogP contribution is -2.30. The Labute approximate surface area is 115 Å². The lowest BCUT2D eigenvalue weighted by molar-refractivity contribution is 0.0652. The van der Waals surface area contributed by atoms with Crippen LogP contribution in [0.1, 0.15) is 39.4 Å². The number of aromatic nitrogens is 3. The van der Waals surface area contributed by atoms with E-state index >= 15 is 0 Å². The number of hydrogen-bond acceptors (Lipinski definition) is 4. The Hall–Kier alpha value is -2.50. The number of H-pyrrole nitrogens is 1. The quantitative estimate of drug-likeness (QED) is 0.658. The molecule has 1 aliphatic heterocycles. The predicted octanol–water partition coefficient (Wildman–Crippen LogP) is 1.42. The molecule has 3 rings (SSSR count). The highest BCUT2D eigenvalue weighted by Gasteiger charge is 2.34. The summed E-state index contributed by atoms with van der Waals surface area (Å²) in [5.74, 6) is 0.447. The minimum absolute atomic E-state index is 0.190. The van der Waals surface area contributed by atoms with E-state index in [1.165, 1.54) is 11.2 Å². The van der Waals surface area contributed by atoms with E-state index in [0.717, 1.165) is 25.1 Å². The van der Waals surface area contributed by atoms with Crippen molar-refractivity contribution in [3.05, 3.63) is 47.5 Å². The number of imide groups is 1. The number of carbonyl (C=O) groups is 2. The van der Waals surface area contributed by atoms with Crippen molar-refractivity contribution in [1.29, 1.82) is 0 Å². The number of aryl methyl sites for hydroxylation is 1. The zero-order chi connectivity index (χ0) is 13.9. The number of benzene rings is 1. The molecule has 0 unspecified atom stereocenters. The van der Waals surface area contributed by atoms with Crippen molar-refractivity contribution in [1.82, 2.24) is 20.1 Å². The van der Waals surface area contributed by atoms with Gasteiger partial charge in [0, 0.05) is 13.0 Å². The van der Waals surface area contributed by atoms with E-state index in [1.54, 1.807) is 24.3 Å². The molecule has 0 bridgehead atoms. The van der Waals surface area contributed by atoms with Gasteiger partial charge in [-0.05, 0) is 25.0 Å². The zero-order valence-corrected chi connectivity index (χ0v) is 10.9. The molecule has 2 aromatic rings. The molecule has 6 heteroatoms. The molecule has 6 nitrogen and oxygen atoms in total. The van der Waals surface area contributed by atoms with E-state index in [1.807, 2.05) is 0 Å². The van der Waals surface area contributed by atoms with Crippen LogP contribution in [0.4, 0.5) is 0 Å². The average Bonchev–Trinajstić information content (AvgIpc) is 3.06. The second kappa shape index (κ2) is 5.24. The van der Waals surface area contributed by atoms with Gasteiger partial charge in [-0.15, -0.1) is 0 Å². The molecule has 0 aliphatic carbocycles. The maximum Gasteiger partial charge on any atom is 0.261 e. The van der Waals surface area contributed by atoms with Crippen LogP contribution in [-0.2, 0) is 6.42 Å². The standard InChI is InChI=1S/C14H14N4O2/c19-13-10-5-1-2-6-11(10)14(20)18(13)8-4-3-7-12-15-9-16-17-12/h1-2,5-6,9H,3-4,7-8H2,(H,15,16,17). The highest BCUT2D eigenvalue weighted by atomic mass is 16.2. The molecule has 1 aliphatic rings. The van der Waals surface area contributed by atoms with Crippen molar-refractivity contribution < 1.29 is 9.59 Å². The van der Waals surface area contributed by atoms with Crippen LogP contribution in [0.3, 0.4) is 0 Å². The Morgan fingerprint density at radius 1 is 1.05 bits per heavy atom. The average molecular weight is 270 g/mol. The number of carbonyl (C=O) groups excluding carboxylic acids is 2. The molecule has 0 fully saturated rings. The van der Waals surface area contributed by atoms with Gasteiger partial charge in [-0.25, -0.2) is 4.98 Å². The molecule has 0 radical (unpaired) electrons. The molecule has 0 saturated carbocycles. The molecular weight excluding hydrogens is 256 g/mol. The first-order valence-corrected chi connectivity index (χ1v) is 6.57. The number of amides is 2. The van der Waals surface area contributed by atoms with E-state index in [9.17, 15) is 9.59 Å². The SMILES string of the molecule is O=C1c2ccccc2C(=O)N1CCCCc1ncn[nH]1. The molecule has 20 heavy (non-hydrogen) atoms. The molecule has 2 heterocycles. The second-order valence-corrected chi connectivity index (χ2v) is 4.70. The maximum absolute atomic E-state index is 12.1. The predicted molar refractivity (Wildman–Crippen MR) is 71.1 cm³/mol. The van der Waals surface area contributed by atoms with Gasteiger partial charge >= 0.3 is 0 Å². The smallest absolute Gasteiger partial charge is 0.261 e. The van der Waals surface area contributed by atoms with Gasteiger partial charge in [0.2, 0.25) is 0 Å². The fraction of sp³-hybridized carbons (Fsp3) is 0.286. The first-order valence-electron chi connectivity index (χ1n) is 6.57. The number of fused-ring (bicyclic) bond motifs is 1. The number of hydrogen-bond donors (Lipinski definition) is 1. The lowest BCUT2D eigenvalue weighted by Gasteiger charge is -2.12. The van der Waals surface area contributed by atoms with E-state index < -0.39 is 0 Å². The molecule has 102 valence electrons. The van der Waals surface area contributed by atoms with Gasteiger partial charge < -0.3 is 0 Å². The summed E-state index contributed by atoms with van der Waals surface area (Å²) in [7, 11) is 0. The van der Waals surface area contributed by atoms with E-state index in [0.29, 0.717) is 17.7 Å². The fourth-order valence-corrected chi connectivity index (χ4v) is 2.36. The summed E-state index contributed by atoms with van der Waals surface area (Å²) in [4.78, 5) is 29.6. The summed E-state index contributed by atoms with van der Waals surface area (Å²) in [5.41, 5.74) is 1.01.